The predicted octanol–water partition coefficient (Wildman–Crippen LogP) is 4.33. The zero-order valence-corrected chi connectivity index (χ0v) is 15.4. The van der Waals surface area contributed by atoms with Gasteiger partial charge in [0.1, 0.15) is 5.60 Å². The summed E-state index contributed by atoms with van der Waals surface area (Å²) in [6.45, 7) is 2.81. The van der Waals surface area contributed by atoms with Crippen molar-refractivity contribution in [1.82, 2.24) is 0 Å². The fourth-order valence-electron chi connectivity index (χ4n) is 6.12. The Balaban J connectivity index is 1.70. The molecule has 1 N–H and O–H groups in total. The van der Waals surface area contributed by atoms with Crippen molar-refractivity contribution in [3.63, 3.8) is 0 Å². The standard InChI is InChI=1S/C22H30O3/c1-3-22(23)14-12-20-19-10-9-16-7-5-6-8-17(16)18(19)11-13-21(20,22)15-25-24-4-2/h1,11,19-20,23H,4-10,12-15H2,2H3/t19-,20+,21-,22+/m1/s1. The van der Waals surface area contributed by atoms with Crippen LogP contribution >= 0.6 is 0 Å². The Kier molecular flexibility index (Phi) is 4.56. The first-order chi connectivity index (χ1) is 12.1. The SMILES string of the molecule is C#C[C@]1(O)CC[C@H]2[C@@H]3CCC4=C(CCCC4)C3=CC[C@@]21COOCC. The maximum atomic E-state index is 11.3. The zero-order chi connectivity index (χ0) is 17.5. The van der Waals surface area contributed by atoms with E-state index >= 15 is 0 Å². The highest BCUT2D eigenvalue weighted by molar-refractivity contribution is 5.45. The van der Waals surface area contributed by atoms with E-state index in [-0.39, 0.29) is 0 Å². The van der Waals surface area contributed by atoms with Crippen molar-refractivity contribution in [3.8, 4) is 12.3 Å². The number of terminal acetylenes is 1. The summed E-state index contributed by atoms with van der Waals surface area (Å²) >= 11 is 0. The second kappa shape index (κ2) is 6.58. The Hall–Kier alpha value is -1.08. The third-order valence-corrected chi connectivity index (χ3v) is 7.37. The van der Waals surface area contributed by atoms with Crippen molar-refractivity contribution >= 4 is 0 Å². The summed E-state index contributed by atoms with van der Waals surface area (Å²) in [5, 5.41) is 11.3. The van der Waals surface area contributed by atoms with Crippen LogP contribution in [0.4, 0.5) is 0 Å². The first-order valence-electron chi connectivity index (χ1n) is 10.0. The van der Waals surface area contributed by atoms with Crippen molar-refractivity contribution in [1.29, 1.82) is 0 Å². The predicted molar refractivity (Wildman–Crippen MR) is 97.4 cm³/mol. The minimum atomic E-state index is -1.09. The van der Waals surface area contributed by atoms with E-state index in [0.717, 1.165) is 12.8 Å². The number of rotatable bonds is 4. The first-order valence-corrected chi connectivity index (χ1v) is 10.0. The van der Waals surface area contributed by atoms with E-state index < -0.39 is 11.0 Å². The van der Waals surface area contributed by atoms with Gasteiger partial charge in [-0.05, 0) is 87.7 Å². The lowest BCUT2D eigenvalue weighted by atomic mass is 9.56. The van der Waals surface area contributed by atoms with Gasteiger partial charge in [0.25, 0.3) is 0 Å². The minimum absolute atomic E-state index is 0.387. The molecule has 4 rings (SSSR count). The number of allylic oxidation sites excluding steroid dienone is 4. The summed E-state index contributed by atoms with van der Waals surface area (Å²) in [6, 6.07) is 0. The molecule has 1 saturated carbocycles. The van der Waals surface area contributed by atoms with Crippen molar-refractivity contribution in [3.05, 3.63) is 22.8 Å². The number of aliphatic hydroxyl groups is 1. The lowest BCUT2D eigenvalue weighted by Gasteiger charge is -2.50. The van der Waals surface area contributed by atoms with Gasteiger partial charge in [-0.3, -0.25) is 0 Å². The molecule has 0 bridgehead atoms. The van der Waals surface area contributed by atoms with E-state index in [1.54, 1.807) is 16.7 Å². The molecular formula is C22H30O3. The van der Waals surface area contributed by atoms with Gasteiger partial charge in [0, 0.05) is 5.41 Å². The Labute approximate surface area is 151 Å². The van der Waals surface area contributed by atoms with Crippen LogP contribution in [0.1, 0.15) is 64.7 Å². The molecule has 0 aliphatic heterocycles. The largest absolute Gasteiger partial charge is 0.377 e. The van der Waals surface area contributed by atoms with E-state index in [0.29, 0.717) is 31.5 Å². The fourth-order valence-corrected chi connectivity index (χ4v) is 6.12. The molecule has 0 spiro atoms. The Morgan fingerprint density at radius 1 is 1.24 bits per heavy atom. The van der Waals surface area contributed by atoms with E-state index in [1.807, 2.05) is 6.92 Å². The van der Waals surface area contributed by atoms with Crippen LogP contribution in [0.3, 0.4) is 0 Å². The summed E-state index contributed by atoms with van der Waals surface area (Å²) in [4.78, 5) is 10.7. The van der Waals surface area contributed by atoms with Crippen molar-refractivity contribution in [2.75, 3.05) is 13.2 Å². The van der Waals surface area contributed by atoms with Gasteiger partial charge in [0.2, 0.25) is 0 Å². The molecule has 0 amide bonds. The highest BCUT2D eigenvalue weighted by Gasteiger charge is 2.62. The number of fused-ring (bicyclic) bond motifs is 4. The molecule has 4 atom stereocenters. The third-order valence-electron chi connectivity index (χ3n) is 7.37. The second-order valence-electron chi connectivity index (χ2n) is 8.27. The fraction of sp³-hybridized carbons (Fsp3) is 0.727. The highest BCUT2D eigenvalue weighted by atomic mass is 17.2. The van der Waals surface area contributed by atoms with Gasteiger partial charge in [-0.25, -0.2) is 9.78 Å². The first kappa shape index (κ1) is 17.3. The summed E-state index contributed by atoms with van der Waals surface area (Å²) < 4.78 is 0. The molecule has 4 aliphatic rings. The van der Waals surface area contributed by atoms with Gasteiger partial charge in [-0.1, -0.05) is 17.6 Å². The zero-order valence-electron chi connectivity index (χ0n) is 15.4. The molecule has 0 heterocycles. The van der Waals surface area contributed by atoms with E-state index in [9.17, 15) is 5.11 Å². The van der Waals surface area contributed by atoms with Crippen LogP contribution in [0.2, 0.25) is 0 Å². The van der Waals surface area contributed by atoms with Crippen molar-refractivity contribution < 1.29 is 14.9 Å². The van der Waals surface area contributed by atoms with Gasteiger partial charge in [-0.15, -0.1) is 6.42 Å². The molecule has 3 heteroatoms. The molecule has 3 nitrogen and oxygen atoms in total. The van der Waals surface area contributed by atoms with Gasteiger partial charge in [0.05, 0.1) is 13.2 Å². The monoisotopic (exact) mass is 342 g/mol. The quantitative estimate of drug-likeness (QED) is 0.358. The summed E-state index contributed by atoms with van der Waals surface area (Å²) in [7, 11) is 0. The molecule has 25 heavy (non-hydrogen) atoms. The highest BCUT2D eigenvalue weighted by Crippen LogP contribution is 2.62. The molecule has 4 aliphatic carbocycles. The van der Waals surface area contributed by atoms with Crippen LogP contribution in [0.15, 0.2) is 22.8 Å². The summed E-state index contributed by atoms with van der Waals surface area (Å²) in [5.74, 6) is 3.66. The van der Waals surface area contributed by atoms with Gasteiger partial charge in [-0.2, -0.15) is 0 Å². The Morgan fingerprint density at radius 3 is 2.88 bits per heavy atom. The molecule has 1 fully saturated rings. The summed E-state index contributed by atoms with van der Waals surface area (Å²) in [6.07, 6.45) is 18.3. The van der Waals surface area contributed by atoms with E-state index in [4.69, 9.17) is 16.2 Å². The van der Waals surface area contributed by atoms with Crippen molar-refractivity contribution in [2.45, 2.75) is 70.3 Å². The Bertz CT molecular complexity index is 640. The lowest BCUT2D eigenvalue weighted by molar-refractivity contribution is -0.319. The molecule has 0 radical (unpaired) electrons. The van der Waals surface area contributed by atoms with E-state index in [2.05, 4.69) is 12.0 Å². The maximum absolute atomic E-state index is 11.3. The van der Waals surface area contributed by atoms with Crippen LogP contribution in [-0.2, 0) is 9.78 Å². The van der Waals surface area contributed by atoms with Crippen LogP contribution < -0.4 is 0 Å². The molecule has 0 aromatic rings. The minimum Gasteiger partial charge on any atom is -0.377 e. The van der Waals surface area contributed by atoms with Crippen molar-refractivity contribution in [2.24, 2.45) is 17.3 Å². The molecule has 0 aromatic carbocycles. The van der Waals surface area contributed by atoms with Crippen LogP contribution in [0.5, 0.6) is 0 Å². The smallest absolute Gasteiger partial charge is 0.133 e. The molecule has 136 valence electrons. The lowest BCUT2D eigenvalue weighted by Crippen LogP contribution is -2.53. The molecule has 0 saturated heterocycles. The third kappa shape index (κ3) is 2.53. The van der Waals surface area contributed by atoms with Gasteiger partial charge >= 0.3 is 0 Å². The Morgan fingerprint density at radius 2 is 2.08 bits per heavy atom. The number of hydrogen-bond acceptors (Lipinski definition) is 3. The molecular weight excluding hydrogens is 312 g/mol. The van der Waals surface area contributed by atoms with E-state index in [1.165, 1.54) is 38.5 Å². The molecule has 0 unspecified atom stereocenters. The average Bonchev–Trinajstić information content (AvgIpc) is 2.95. The van der Waals surface area contributed by atoms with Gasteiger partial charge in [0.15, 0.2) is 0 Å². The average molecular weight is 342 g/mol. The maximum Gasteiger partial charge on any atom is 0.133 e. The van der Waals surface area contributed by atoms with Gasteiger partial charge < -0.3 is 5.11 Å². The molecule has 0 aromatic heterocycles. The summed E-state index contributed by atoms with van der Waals surface area (Å²) in [5.41, 5.74) is 3.45. The van der Waals surface area contributed by atoms with Crippen LogP contribution in [-0.4, -0.2) is 23.9 Å². The topological polar surface area (TPSA) is 38.7 Å². The normalized spacial score (nSPS) is 40.0. The number of hydrogen-bond donors (Lipinski definition) is 1. The van der Waals surface area contributed by atoms with Crippen LogP contribution in [0, 0.1) is 29.6 Å². The second-order valence-corrected chi connectivity index (χ2v) is 8.27. The van der Waals surface area contributed by atoms with Crippen LogP contribution in [0.25, 0.3) is 0 Å².